The number of amides is 2. The number of methoxy groups -OCH3 is 1. The Hall–Kier alpha value is -2.61. The average molecular weight is 399 g/mol. The van der Waals surface area contributed by atoms with Crippen molar-refractivity contribution in [3.05, 3.63) is 65.7 Å². The molecule has 0 aromatic heterocycles. The van der Waals surface area contributed by atoms with E-state index in [2.05, 4.69) is 5.32 Å². The minimum absolute atomic E-state index is 0.128. The number of nitrogens with zero attached hydrogens (tertiary/aromatic N) is 2. The number of carbonyl (C=O) groups excluding carboxylic acids is 1. The van der Waals surface area contributed by atoms with Crippen molar-refractivity contribution in [1.29, 1.82) is 0 Å². The minimum Gasteiger partial charge on any atom is -0.497 e. The van der Waals surface area contributed by atoms with Gasteiger partial charge >= 0.3 is 6.03 Å². The summed E-state index contributed by atoms with van der Waals surface area (Å²) in [5, 5.41) is 16.5. The number of benzene rings is 2. The third kappa shape index (κ3) is 6.19. The van der Waals surface area contributed by atoms with Crippen molar-refractivity contribution in [2.75, 3.05) is 40.0 Å². The fourth-order valence-electron chi connectivity index (χ4n) is 3.35. The highest BCUT2D eigenvalue weighted by atomic mass is 16.5. The minimum atomic E-state index is -0.362. The van der Waals surface area contributed by atoms with E-state index in [0.29, 0.717) is 39.3 Å². The Bertz CT molecular complexity index is 766. The summed E-state index contributed by atoms with van der Waals surface area (Å²) in [5.41, 5.74) is 2.03. The van der Waals surface area contributed by atoms with Crippen LogP contribution >= 0.6 is 0 Å². The van der Waals surface area contributed by atoms with Crippen LogP contribution in [0.15, 0.2) is 54.6 Å². The molecule has 2 aromatic carbocycles. The van der Waals surface area contributed by atoms with E-state index < -0.39 is 0 Å². The van der Waals surface area contributed by atoms with Crippen molar-refractivity contribution in [1.82, 2.24) is 15.3 Å². The van der Waals surface area contributed by atoms with E-state index >= 15 is 0 Å². The topological polar surface area (TPSA) is 74.3 Å². The van der Waals surface area contributed by atoms with Crippen molar-refractivity contribution >= 4 is 6.03 Å². The largest absolute Gasteiger partial charge is 0.497 e. The van der Waals surface area contributed by atoms with Crippen LogP contribution in [0.4, 0.5) is 4.79 Å². The zero-order valence-electron chi connectivity index (χ0n) is 16.8. The number of carbonyl (C=O) groups is 1. The fourth-order valence-corrected chi connectivity index (χ4v) is 3.35. The van der Waals surface area contributed by atoms with Crippen LogP contribution in [0.1, 0.15) is 11.1 Å². The van der Waals surface area contributed by atoms with Gasteiger partial charge in [-0.25, -0.2) is 9.80 Å². The summed E-state index contributed by atoms with van der Waals surface area (Å²) in [6.07, 6.45) is 0.569. The zero-order chi connectivity index (χ0) is 20.5. The first-order chi connectivity index (χ1) is 14.2. The molecular weight excluding hydrogens is 370 g/mol. The van der Waals surface area contributed by atoms with Crippen LogP contribution in [-0.4, -0.2) is 67.2 Å². The number of hydrogen-bond donors (Lipinski definition) is 2. The molecule has 7 heteroatoms. The molecule has 1 saturated heterocycles. The van der Waals surface area contributed by atoms with Gasteiger partial charge in [0.15, 0.2) is 0 Å². The van der Waals surface area contributed by atoms with E-state index in [9.17, 15) is 9.90 Å². The van der Waals surface area contributed by atoms with Crippen molar-refractivity contribution in [3.8, 4) is 5.75 Å². The lowest BCUT2D eigenvalue weighted by atomic mass is 10.1. The molecule has 156 valence electrons. The SMILES string of the molecule is COc1cccc(CN(C(=O)N[C@H](CO)Cc2ccccc2)N2CCOCC2)c1. The first kappa shape index (κ1) is 21.1. The Balaban J connectivity index is 1.72. The molecular formula is C22H29N3O4. The number of nitrogens with one attached hydrogen (secondary N) is 1. The fraction of sp³-hybridized carbons (Fsp3) is 0.409. The molecule has 29 heavy (non-hydrogen) atoms. The van der Waals surface area contributed by atoms with E-state index in [0.717, 1.165) is 16.9 Å². The number of hydrazine groups is 1. The van der Waals surface area contributed by atoms with Gasteiger partial charge in [-0.1, -0.05) is 42.5 Å². The van der Waals surface area contributed by atoms with Gasteiger partial charge in [-0.05, 0) is 29.7 Å². The maximum atomic E-state index is 13.2. The number of hydrogen-bond acceptors (Lipinski definition) is 5. The summed E-state index contributed by atoms with van der Waals surface area (Å²) < 4.78 is 10.7. The van der Waals surface area contributed by atoms with Gasteiger partial charge in [0.2, 0.25) is 0 Å². The Labute approximate surface area is 171 Å². The van der Waals surface area contributed by atoms with Crippen LogP contribution in [0, 0.1) is 0 Å². The van der Waals surface area contributed by atoms with Crippen LogP contribution in [0.3, 0.4) is 0 Å². The molecule has 0 unspecified atom stereocenters. The first-order valence-corrected chi connectivity index (χ1v) is 9.88. The summed E-state index contributed by atoms with van der Waals surface area (Å²) in [6, 6.07) is 16.9. The van der Waals surface area contributed by atoms with E-state index in [-0.39, 0.29) is 18.7 Å². The molecule has 7 nitrogen and oxygen atoms in total. The summed E-state index contributed by atoms with van der Waals surface area (Å²) in [4.78, 5) is 13.2. The van der Waals surface area contributed by atoms with Crippen LogP contribution < -0.4 is 10.1 Å². The number of ether oxygens (including phenoxy) is 2. The third-order valence-electron chi connectivity index (χ3n) is 4.90. The highest BCUT2D eigenvalue weighted by Gasteiger charge is 2.25. The summed E-state index contributed by atoms with van der Waals surface area (Å²) in [6.45, 7) is 2.72. The Morgan fingerprint density at radius 1 is 1.17 bits per heavy atom. The third-order valence-corrected chi connectivity index (χ3v) is 4.90. The maximum Gasteiger partial charge on any atom is 0.332 e. The summed E-state index contributed by atoms with van der Waals surface area (Å²) >= 11 is 0. The molecule has 2 N–H and O–H groups in total. The first-order valence-electron chi connectivity index (χ1n) is 9.88. The van der Waals surface area contributed by atoms with Gasteiger partial charge in [-0.15, -0.1) is 0 Å². The van der Waals surface area contributed by atoms with Gasteiger partial charge in [0.1, 0.15) is 5.75 Å². The van der Waals surface area contributed by atoms with Crippen molar-refractivity contribution in [2.45, 2.75) is 19.0 Å². The van der Waals surface area contributed by atoms with E-state index in [1.165, 1.54) is 0 Å². The second kappa shape index (κ2) is 10.8. The smallest absolute Gasteiger partial charge is 0.332 e. The van der Waals surface area contributed by atoms with Gasteiger partial charge in [0.05, 0.1) is 39.5 Å². The Morgan fingerprint density at radius 3 is 2.59 bits per heavy atom. The van der Waals surface area contributed by atoms with Crippen molar-refractivity contribution in [3.63, 3.8) is 0 Å². The molecule has 3 rings (SSSR count). The molecule has 1 aliphatic rings. The number of aliphatic hydroxyl groups excluding tert-OH is 1. The van der Waals surface area contributed by atoms with Gasteiger partial charge in [-0.3, -0.25) is 5.01 Å². The molecule has 0 radical (unpaired) electrons. The molecule has 0 bridgehead atoms. The highest BCUT2D eigenvalue weighted by Crippen LogP contribution is 2.16. The van der Waals surface area contributed by atoms with Crippen LogP contribution in [0.2, 0.25) is 0 Å². The lowest BCUT2D eigenvalue weighted by Gasteiger charge is -2.38. The van der Waals surface area contributed by atoms with Crippen LogP contribution in [0.25, 0.3) is 0 Å². The number of aliphatic hydroxyl groups is 1. The van der Waals surface area contributed by atoms with Crippen molar-refractivity contribution in [2.24, 2.45) is 0 Å². The van der Waals surface area contributed by atoms with Crippen LogP contribution in [-0.2, 0) is 17.7 Å². The van der Waals surface area contributed by atoms with Crippen molar-refractivity contribution < 1.29 is 19.4 Å². The van der Waals surface area contributed by atoms with Gasteiger partial charge < -0.3 is 19.9 Å². The molecule has 2 aromatic rings. The lowest BCUT2D eigenvalue weighted by molar-refractivity contribution is -0.0678. The van der Waals surface area contributed by atoms with E-state index in [4.69, 9.17) is 9.47 Å². The second-order valence-corrected chi connectivity index (χ2v) is 6.99. The van der Waals surface area contributed by atoms with Gasteiger partial charge in [-0.2, -0.15) is 0 Å². The van der Waals surface area contributed by atoms with Gasteiger partial charge in [0.25, 0.3) is 0 Å². The Kier molecular flexibility index (Phi) is 7.86. The second-order valence-electron chi connectivity index (χ2n) is 6.99. The lowest BCUT2D eigenvalue weighted by Crippen LogP contribution is -2.56. The predicted octanol–water partition coefficient (Wildman–Crippen LogP) is 2.06. The predicted molar refractivity (Wildman–Crippen MR) is 110 cm³/mol. The molecule has 1 heterocycles. The van der Waals surface area contributed by atoms with Crippen LogP contribution in [0.5, 0.6) is 5.75 Å². The molecule has 2 amide bonds. The summed E-state index contributed by atoms with van der Waals surface area (Å²) in [7, 11) is 1.63. The number of rotatable bonds is 8. The molecule has 0 spiro atoms. The number of morpholine rings is 1. The monoisotopic (exact) mass is 399 g/mol. The summed E-state index contributed by atoms with van der Waals surface area (Å²) in [5.74, 6) is 0.752. The molecule has 1 atom stereocenters. The molecule has 1 aliphatic heterocycles. The normalized spacial score (nSPS) is 15.5. The zero-order valence-corrected chi connectivity index (χ0v) is 16.8. The number of urea groups is 1. The quantitative estimate of drug-likeness (QED) is 0.711. The molecule has 0 aliphatic carbocycles. The van der Waals surface area contributed by atoms with E-state index in [1.807, 2.05) is 59.6 Å². The molecule has 1 fully saturated rings. The average Bonchev–Trinajstić information content (AvgIpc) is 2.78. The maximum absolute atomic E-state index is 13.2. The Morgan fingerprint density at radius 2 is 1.90 bits per heavy atom. The van der Waals surface area contributed by atoms with Gasteiger partial charge in [0, 0.05) is 13.1 Å². The standard InChI is InChI=1S/C22H29N3O4/c1-28-21-9-5-8-19(15-21)16-25(24-10-12-29-13-11-24)22(27)23-20(17-26)14-18-6-3-2-4-7-18/h2-9,15,20,26H,10-14,16-17H2,1H3,(H,23,27)/t20-/m0/s1. The molecule has 0 saturated carbocycles. The van der Waals surface area contributed by atoms with E-state index in [1.54, 1.807) is 12.1 Å². The highest BCUT2D eigenvalue weighted by molar-refractivity contribution is 5.74.